The van der Waals surface area contributed by atoms with Gasteiger partial charge in [0.05, 0.1) is 24.7 Å². The molecule has 0 spiro atoms. The van der Waals surface area contributed by atoms with E-state index in [-0.39, 0.29) is 25.2 Å². The molecule has 2 rings (SSSR count). The van der Waals surface area contributed by atoms with Crippen molar-refractivity contribution in [2.75, 3.05) is 13.7 Å². The van der Waals surface area contributed by atoms with Crippen LogP contribution in [0.25, 0.3) is 6.08 Å². The van der Waals surface area contributed by atoms with Gasteiger partial charge in [-0.2, -0.15) is 0 Å². The van der Waals surface area contributed by atoms with Crippen molar-refractivity contribution >= 4 is 31.0 Å². The van der Waals surface area contributed by atoms with E-state index in [9.17, 15) is 14.4 Å². The lowest BCUT2D eigenvalue weighted by Gasteiger charge is -2.32. The number of hydrogen-bond acceptors (Lipinski definition) is 7. The lowest BCUT2D eigenvalue weighted by Crippen LogP contribution is -2.41. The van der Waals surface area contributed by atoms with Gasteiger partial charge in [0.15, 0.2) is 5.78 Å². The average molecular weight is 473 g/mol. The van der Waals surface area contributed by atoms with Crippen molar-refractivity contribution in [3.05, 3.63) is 40.9 Å². The first-order valence-electron chi connectivity index (χ1n) is 11.4. The molecule has 1 N–H and O–H groups in total. The topological polar surface area (TPSA) is 100 Å². The van der Waals surface area contributed by atoms with E-state index in [4.69, 9.17) is 14.0 Å². The standard InChI is InChI=1S/C25H36BNO7/c1-23(2,3)32-22(30)27-16-19(26-33-24(4,5)25(6,7)34-26)15-17-9-11-18(12-10-17)20(28)13-14-21(29)31-8/h9-12,15H,13-14,16H2,1-8H3,(H,27,30). The largest absolute Gasteiger partial charge is 0.492 e. The Labute approximate surface area is 202 Å². The van der Waals surface area contributed by atoms with Gasteiger partial charge < -0.3 is 24.1 Å². The van der Waals surface area contributed by atoms with E-state index in [1.165, 1.54) is 7.11 Å². The van der Waals surface area contributed by atoms with Crippen LogP contribution >= 0.6 is 0 Å². The zero-order valence-electron chi connectivity index (χ0n) is 21.4. The van der Waals surface area contributed by atoms with Gasteiger partial charge >= 0.3 is 19.2 Å². The third-order valence-corrected chi connectivity index (χ3v) is 5.76. The first-order valence-corrected chi connectivity index (χ1v) is 11.4. The van der Waals surface area contributed by atoms with Gasteiger partial charge in [0.2, 0.25) is 0 Å². The molecule has 0 saturated carbocycles. The molecule has 0 aromatic heterocycles. The number of carbonyl (C=O) groups is 3. The Balaban J connectivity index is 2.21. The minimum Gasteiger partial charge on any atom is -0.469 e. The molecular formula is C25H36BNO7. The fourth-order valence-electron chi connectivity index (χ4n) is 3.13. The normalized spacial score (nSPS) is 17.3. The highest BCUT2D eigenvalue weighted by atomic mass is 16.7. The number of nitrogens with one attached hydrogen (secondary N) is 1. The molecule has 34 heavy (non-hydrogen) atoms. The van der Waals surface area contributed by atoms with Crippen molar-refractivity contribution in [1.82, 2.24) is 5.32 Å². The van der Waals surface area contributed by atoms with Crippen LogP contribution in [-0.4, -0.2) is 55.4 Å². The lowest BCUT2D eigenvalue weighted by atomic mass is 9.77. The van der Waals surface area contributed by atoms with E-state index in [2.05, 4.69) is 10.1 Å². The number of benzene rings is 1. The number of ether oxygens (including phenoxy) is 2. The number of esters is 1. The Morgan fingerprint density at radius 1 is 1.00 bits per heavy atom. The molecule has 1 aliphatic rings. The summed E-state index contributed by atoms with van der Waals surface area (Å²) in [4.78, 5) is 35.8. The van der Waals surface area contributed by atoms with Crippen molar-refractivity contribution in [1.29, 1.82) is 0 Å². The highest BCUT2D eigenvalue weighted by Gasteiger charge is 2.52. The molecule has 1 heterocycles. The van der Waals surface area contributed by atoms with Gasteiger partial charge in [0.1, 0.15) is 5.60 Å². The van der Waals surface area contributed by atoms with E-state index in [1.54, 1.807) is 45.0 Å². The summed E-state index contributed by atoms with van der Waals surface area (Å²) in [6.07, 6.45) is 1.45. The Hall–Kier alpha value is -2.65. The van der Waals surface area contributed by atoms with Crippen LogP contribution in [0.3, 0.4) is 0 Å². The maximum atomic E-state index is 12.3. The van der Waals surface area contributed by atoms with Crippen LogP contribution < -0.4 is 5.32 Å². The Morgan fingerprint density at radius 2 is 1.56 bits per heavy atom. The van der Waals surface area contributed by atoms with Gasteiger partial charge in [-0.3, -0.25) is 9.59 Å². The summed E-state index contributed by atoms with van der Waals surface area (Å²) in [5.41, 5.74) is 0.311. The second kappa shape index (κ2) is 10.7. The van der Waals surface area contributed by atoms with E-state index in [1.807, 2.05) is 33.8 Å². The molecule has 1 amide bonds. The molecule has 0 unspecified atom stereocenters. The molecule has 1 aromatic rings. The first kappa shape index (κ1) is 27.6. The predicted octanol–water partition coefficient (Wildman–Crippen LogP) is 4.36. The van der Waals surface area contributed by atoms with Crippen LogP contribution in [0.1, 0.15) is 77.2 Å². The van der Waals surface area contributed by atoms with Crippen LogP contribution in [0.5, 0.6) is 0 Å². The van der Waals surface area contributed by atoms with Crippen LogP contribution in [0.2, 0.25) is 0 Å². The molecular weight excluding hydrogens is 437 g/mol. The van der Waals surface area contributed by atoms with Crippen LogP contribution in [0.4, 0.5) is 4.79 Å². The molecule has 1 fully saturated rings. The van der Waals surface area contributed by atoms with Gasteiger partial charge in [-0.25, -0.2) is 4.79 Å². The number of Topliss-reactive ketones (excluding diaryl/α,β-unsaturated/α-hetero) is 1. The maximum Gasteiger partial charge on any atom is 0.492 e. The van der Waals surface area contributed by atoms with Gasteiger partial charge in [0, 0.05) is 18.5 Å². The predicted molar refractivity (Wildman–Crippen MR) is 130 cm³/mol. The summed E-state index contributed by atoms with van der Waals surface area (Å²) >= 11 is 0. The van der Waals surface area contributed by atoms with Gasteiger partial charge in [-0.1, -0.05) is 30.3 Å². The molecule has 9 heteroatoms. The highest BCUT2D eigenvalue weighted by molar-refractivity contribution is 6.56. The number of rotatable bonds is 8. The number of methoxy groups -OCH3 is 1. The van der Waals surface area contributed by atoms with Crippen molar-refractivity contribution in [3.8, 4) is 0 Å². The van der Waals surface area contributed by atoms with Crippen LogP contribution in [0.15, 0.2) is 29.7 Å². The fourth-order valence-corrected chi connectivity index (χ4v) is 3.13. The molecule has 8 nitrogen and oxygen atoms in total. The zero-order chi connectivity index (χ0) is 25.7. The van der Waals surface area contributed by atoms with Crippen molar-refractivity contribution in [2.45, 2.75) is 78.1 Å². The van der Waals surface area contributed by atoms with Crippen LogP contribution in [0, 0.1) is 0 Å². The quantitative estimate of drug-likeness (QED) is 0.340. The van der Waals surface area contributed by atoms with Gasteiger partial charge in [-0.05, 0) is 59.5 Å². The first-order chi connectivity index (χ1) is 15.6. The zero-order valence-corrected chi connectivity index (χ0v) is 21.4. The third kappa shape index (κ3) is 7.70. The summed E-state index contributed by atoms with van der Waals surface area (Å²) in [6, 6.07) is 7.00. The Morgan fingerprint density at radius 3 is 2.06 bits per heavy atom. The lowest BCUT2D eigenvalue weighted by molar-refractivity contribution is -0.140. The molecule has 1 aliphatic heterocycles. The summed E-state index contributed by atoms with van der Waals surface area (Å²) in [5.74, 6) is -0.559. The SMILES string of the molecule is COC(=O)CCC(=O)c1ccc(C=C(CNC(=O)OC(C)(C)C)B2OC(C)(C)C(C)(C)O2)cc1. The smallest absolute Gasteiger partial charge is 0.469 e. The van der Waals surface area contributed by atoms with Crippen LogP contribution in [-0.2, 0) is 23.6 Å². The summed E-state index contributed by atoms with van der Waals surface area (Å²) in [5, 5.41) is 2.77. The fraction of sp³-hybridized carbons (Fsp3) is 0.560. The maximum absolute atomic E-state index is 12.3. The molecule has 1 saturated heterocycles. The van der Waals surface area contributed by atoms with E-state index < -0.39 is 36.0 Å². The number of ketones is 1. The summed E-state index contributed by atoms with van der Waals surface area (Å²) in [7, 11) is 0.629. The monoisotopic (exact) mass is 473 g/mol. The molecule has 1 aromatic carbocycles. The van der Waals surface area contributed by atoms with Crippen molar-refractivity contribution in [2.24, 2.45) is 0 Å². The minimum atomic E-state index is -0.665. The van der Waals surface area contributed by atoms with E-state index >= 15 is 0 Å². The van der Waals surface area contributed by atoms with E-state index in [0.717, 1.165) is 5.56 Å². The second-order valence-corrected chi connectivity index (χ2v) is 10.3. The van der Waals surface area contributed by atoms with E-state index in [0.29, 0.717) is 11.0 Å². The summed E-state index contributed by atoms with van der Waals surface area (Å²) < 4.78 is 22.3. The third-order valence-electron chi connectivity index (χ3n) is 5.76. The number of alkyl carbamates (subject to hydrolysis) is 1. The highest BCUT2D eigenvalue weighted by Crippen LogP contribution is 2.38. The molecule has 0 bridgehead atoms. The number of carbonyl (C=O) groups excluding carboxylic acids is 3. The minimum absolute atomic E-state index is 0.0411. The number of amides is 1. The average Bonchev–Trinajstić information content (AvgIpc) is 2.95. The van der Waals surface area contributed by atoms with Gasteiger partial charge in [-0.15, -0.1) is 0 Å². The molecule has 0 radical (unpaired) electrons. The van der Waals surface area contributed by atoms with Gasteiger partial charge in [0.25, 0.3) is 0 Å². The Bertz CT molecular complexity index is 914. The second-order valence-electron chi connectivity index (χ2n) is 10.3. The van der Waals surface area contributed by atoms with Crippen molar-refractivity contribution in [3.63, 3.8) is 0 Å². The summed E-state index contributed by atoms with van der Waals surface area (Å²) in [6.45, 7) is 13.4. The molecule has 0 atom stereocenters. The number of hydrogen-bond donors (Lipinski definition) is 1. The molecule has 0 aliphatic carbocycles. The van der Waals surface area contributed by atoms with Crippen molar-refractivity contribution < 1.29 is 33.2 Å². The Kier molecular flexibility index (Phi) is 8.72. The molecule has 186 valence electrons.